The zero-order valence-electron chi connectivity index (χ0n) is 11.6. The summed E-state index contributed by atoms with van der Waals surface area (Å²) in [5.41, 5.74) is -1.40. The van der Waals surface area contributed by atoms with Crippen LogP contribution in [0.2, 0.25) is 0 Å². The highest BCUT2D eigenvalue weighted by atomic mass is 19.4. The Hall–Kier alpha value is -1.11. The summed E-state index contributed by atoms with van der Waals surface area (Å²) in [4.78, 5) is 0. The van der Waals surface area contributed by atoms with Crippen LogP contribution in [0.3, 0.4) is 0 Å². The average molecular weight is 291 g/mol. The van der Waals surface area contributed by atoms with Gasteiger partial charge in [0.25, 0.3) is 0 Å². The van der Waals surface area contributed by atoms with Gasteiger partial charge in [-0.1, -0.05) is 12.1 Å². The number of methoxy groups -OCH3 is 1. The molecule has 0 saturated carbocycles. The van der Waals surface area contributed by atoms with E-state index in [1.807, 2.05) is 0 Å². The smallest absolute Gasteiger partial charge is 0.385 e. The lowest BCUT2D eigenvalue weighted by Crippen LogP contribution is -2.29. The molecule has 1 unspecified atom stereocenters. The van der Waals surface area contributed by atoms with Crippen LogP contribution in [0, 0.1) is 0 Å². The molecule has 0 amide bonds. The summed E-state index contributed by atoms with van der Waals surface area (Å²) in [7, 11) is 1.60. The van der Waals surface area contributed by atoms with Gasteiger partial charge in [-0.3, -0.25) is 0 Å². The minimum Gasteiger partial charge on any atom is -0.385 e. The first-order valence-electron chi connectivity index (χ1n) is 6.37. The van der Waals surface area contributed by atoms with Crippen LogP contribution in [0.15, 0.2) is 24.3 Å². The summed E-state index contributed by atoms with van der Waals surface area (Å²) >= 11 is 0. The quantitative estimate of drug-likeness (QED) is 0.759. The summed E-state index contributed by atoms with van der Waals surface area (Å²) in [5.74, 6) is 0. The van der Waals surface area contributed by atoms with Crippen LogP contribution in [-0.2, 0) is 16.5 Å². The first-order chi connectivity index (χ1) is 9.27. The molecular formula is C14H20F3NO2. The number of alkyl halides is 3. The molecule has 0 aliphatic heterocycles. The van der Waals surface area contributed by atoms with Crippen molar-refractivity contribution < 1.29 is 23.0 Å². The van der Waals surface area contributed by atoms with E-state index < -0.39 is 17.3 Å². The van der Waals surface area contributed by atoms with Gasteiger partial charge in [0, 0.05) is 13.7 Å². The second-order valence-electron chi connectivity index (χ2n) is 4.84. The Kier molecular flexibility index (Phi) is 5.98. The normalized spacial score (nSPS) is 15.1. The van der Waals surface area contributed by atoms with Crippen molar-refractivity contribution in [1.82, 2.24) is 5.32 Å². The standard InChI is InChI=1S/C14H20F3NO2/c1-13(19,7-8-18-9-10-20-2)11-3-5-12(6-4-11)14(15,16)17/h3-6,18-19H,7-10H2,1-2H3. The molecule has 2 N–H and O–H groups in total. The van der Waals surface area contributed by atoms with E-state index in [-0.39, 0.29) is 0 Å². The molecule has 0 aliphatic rings. The van der Waals surface area contributed by atoms with Crippen molar-refractivity contribution in [3.8, 4) is 0 Å². The van der Waals surface area contributed by atoms with Crippen molar-refractivity contribution in [2.24, 2.45) is 0 Å². The molecule has 1 aromatic rings. The number of ether oxygens (including phenoxy) is 1. The lowest BCUT2D eigenvalue weighted by Gasteiger charge is -2.24. The first kappa shape index (κ1) is 16.9. The molecule has 6 heteroatoms. The fraction of sp³-hybridized carbons (Fsp3) is 0.571. The Labute approximate surface area is 116 Å². The van der Waals surface area contributed by atoms with Crippen LogP contribution in [0.25, 0.3) is 0 Å². The van der Waals surface area contributed by atoms with Crippen molar-refractivity contribution in [2.75, 3.05) is 26.8 Å². The molecule has 114 valence electrons. The fourth-order valence-electron chi connectivity index (χ4n) is 1.79. The first-order valence-corrected chi connectivity index (χ1v) is 6.37. The Balaban J connectivity index is 2.58. The zero-order chi connectivity index (χ0) is 15.2. The molecule has 0 aromatic heterocycles. The fourth-order valence-corrected chi connectivity index (χ4v) is 1.79. The van der Waals surface area contributed by atoms with Gasteiger partial charge in [-0.15, -0.1) is 0 Å². The minimum atomic E-state index is -4.36. The number of hydrogen-bond donors (Lipinski definition) is 2. The molecule has 0 bridgehead atoms. The van der Waals surface area contributed by atoms with E-state index in [9.17, 15) is 18.3 Å². The summed E-state index contributed by atoms with van der Waals surface area (Å²) in [6.45, 7) is 3.38. The van der Waals surface area contributed by atoms with E-state index in [0.717, 1.165) is 12.1 Å². The maximum atomic E-state index is 12.5. The molecule has 20 heavy (non-hydrogen) atoms. The highest BCUT2D eigenvalue weighted by Gasteiger charge is 2.31. The van der Waals surface area contributed by atoms with E-state index in [1.165, 1.54) is 12.1 Å². The molecule has 1 rings (SSSR count). The molecule has 0 aliphatic carbocycles. The van der Waals surface area contributed by atoms with Gasteiger partial charge in [0.1, 0.15) is 0 Å². The van der Waals surface area contributed by atoms with E-state index in [4.69, 9.17) is 4.74 Å². The number of rotatable bonds is 7. The predicted molar refractivity (Wildman–Crippen MR) is 70.4 cm³/mol. The van der Waals surface area contributed by atoms with E-state index >= 15 is 0 Å². The van der Waals surface area contributed by atoms with Gasteiger partial charge in [-0.2, -0.15) is 13.2 Å². The molecule has 0 radical (unpaired) electrons. The van der Waals surface area contributed by atoms with Crippen molar-refractivity contribution in [3.63, 3.8) is 0 Å². The third kappa shape index (κ3) is 5.11. The van der Waals surface area contributed by atoms with Crippen LogP contribution in [-0.4, -0.2) is 31.9 Å². The minimum absolute atomic E-state index is 0.405. The zero-order valence-corrected chi connectivity index (χ0v) is 11.6. The van der Waals surface area contributed by atoms with Crippen LogP contribution in [0.4, 0.5) is 13.2 Å². The van der Waals surface area contributed by atoms with Crippen LogP contribution in [0.1, 0.15) is 24.5 Å². The number of benzene rings is 1. The third-order valence-corrected chi connectivity index (χ3v) is 3.11. The summed E-state index contributed by atoms with van der Waals surface area (Å²) in [5, 5.41) is 13.4. The number of hydrogen-bond acceptors (Lipinski definition) is 3. The van der Waals surface area contributed by atoms with E-state index in [0.29, 0.717) is 31.7 Å². The lowest BCUT2D eigenvalue weighted by atomic mass is 9.92. The summed E-state index contributed by atoms with van der Waals surface area (Å²) in [6, 6.07) is 4.61. The van der Waals surface area contributed by atoms with Gasteiger partial charge in [0.15, 0.2) is 0 Å². The highest BCUT2D eigenvalue weighted by Crippen LogP contribution is 2.31. The molecule has 0 heterocycles. The topological polar surface area (TPSA) is 41.5 Å². The molecule has 3 nitrogen and oxygen atoms in total. The SMILES string of the molecule is COCCNCCC(C)(O)c1ccc(C(F)(F)F)cc1. The number of halogens is 3. The van der Waals surface area contributed by atoms with Crippen molar-refractivity contribution in [1.29, 1.82) is 0 Å². The maximum absolute atomic E-state index is 12.5. The molecule has 0 spiro atoms. The third-order valence-electron chi connectivity index (χ3n) is 3.11. The largest absolute Gasteiger partial charge is 0.416 e. The van der Waals surface area contributed by atoms with Crippen LogP contribution < -0.4 is 5.32 Å². The highest BCUT2D eigenvalue weighted by molar-refractivity contribution is 5.28. The molecule has 0 fully saturated rings. The number of nitrogens with one attached hydrogen (secondary N) is 1. The Morgan fingerprint density at radius 1 is 1.10 bits per heavy atom. The molecular weight excluding hydrogens is 271 g/mol. The second kappa shape index (κ2) is 7.06. The van der Waals surface area contributed by atoms with Gasteiger partial charge in [0.2, 0.25) is 0 Å². The van der Waals surface area contributed by atoms with Crippen LogP contribution >= 0.6 is 0 Å². The molecule has 1 atom stereocenters. The van der Waals surface area contributed by atoms with Gasteiger partial charge in [-0.25, -0.2) is 0 Å². The second-order valence-corrected chi connectivity index (χ2v) is 4.84. The Morgan fingerprint density at radius 2 is 1.65 bits per heavy atom. The van der Waals surface area contributed by atoms with Crippen molar-refractivity contribution >= 4 is 0 Å². The summed E-state index contributed by atoms with van der Waals surface area (Å²) < 4.78 is 42.2. The van der Waals surface area contributed by atoms with Gasteiger partial charge in [0.05, 0.1) is 17.8 Å². The number of aliphatic hydroxyl groups is 1. The average Bonchev–Trinajstić information content (AvgIpc) is 2.37. The molecule has 1 aromatic carbocycles. The Morgan fingerprint density at radius 3 is 2.15 bits per heavy atom. The molecule has 0 saturated heterocycles. The lowest BCUT2D eigenvalue weighted by molar-refractivity contribution is -0.137. The predicted octanol–water partition coefficient (Wildman–Crippen LogP) is 2.54. The van der Waals surface area contributed by atoms with Crippen LogP contribution in [0.5, 0.6) is 0 Å². The van der Waals surface area contributed by atoms with E-state index in [2.05, 4.69) is 5.32 Å². The van der Waals surface area contributed by atoms with Gasteiger partial charge in [-0.05, 0) is 37.6 Å². The van der Waals surface area contributed by atoms with Crippen molar-refractivity contribution in [2.45, 2.75) is 25.1 Å². The van der Waals surface area contributed by atoms with Gasteiger partial charge >= 0.3 is 6.18 Å². The van der Waals surface area contributed by atoms with Gasteiger partial charge < -0.3 is 15.2 Å². The Bertz CT molecular complexity index is 402. The maximum Gasteiger partial charge on any atom is 0.416 e. The van der Waals surface area contributed by atoms with Crippen molar-refractivity contribution in [3.05, 3.63) is 35.4 Å². The summed E-state index contributed by atoms with van der Waals surface area (Å²) in [6.07, 6.45) is -3.95. The monoisotopic (exact) mass is 291 g/mol. The van der Waals surface area contributed by atoms with E-state index in [1.54, 1.807) is 14.0 Å².